The number of rotatable bonds is 5. The maximum atomic E-state index is 13.0. The van der Waals surface area contributed by atoms with Crippen molar-refractivity contribution in [1.82, 2.24) is 4.98 Å². The lowest BCUT2D eigenvalue weighted by Gasteiger charge is -2.13. The third kappa shape index (κ3) is 6.92. The molecule has 0 saturated carbocycles. The molecule has 0 aliphatic heterocycles. The van der Waals surface area contributed by atoms with Crippen LogP contribution in [-0.2, 0) is 21.9 Å². The van der Waals surface area contributed by atoms with Crippen LogP contribution in [0.3, 0.4) is 0 Å². The molecule has 0 atom stereocenters. The standard InChI is InChI=1S/C24H17F6N3O2/c1-14-5-2-8-19(31-14)13-20(21(34)32-17-9-3-6-15(11-17)23(25,26)27)22(35)33-18-10-4-7-16(12-18)24(28,29)30/h2-13H,1H3,(H,32,34)(H,33,35). The number of hydrogen-bond acceptors (Lipinski definition) is 3. The molecular weight excluding hydrogens is 476 g/mol. The molecule has 2 N–H and O–H groups in total. The summed E-state index contributed by atoms with van der Waals surface area (Å²) in [4.78, 5) is 29.9. The SMILES string of the molecule is Cc1cccc(C=C(C(=O)Nc2cccc(C(F)(F)F)c2)C(=O)Nc2cccc(C(F)(F)F)c2)n1. The first-order valence-corrected chi connectivity index (χ1v) is 9.95. The van der Waals surface area contributed by atoms with E-state index in [-0.39, 0.29) is 17.1 Å². The summed E-state index contributed by atoms with van der Waals surface area (Å²) < 4.78 is 78.0. The van der Waals surface area contributed by atoms with Crippen molar-refractivity contribution in [3.8, 4) is 0 Å². The Labute approximate surface area is 195 Å². The van der Waals surface area contributed by atoms with Crippen LogP contribution >= 0.6 is 0 Å². The second kappa shape index (κ2) is 10.00. The first kappa shape index (κ1) is 25.5. The molecule has 0 bridgehead atoms. The maximum Gasteiger partial charge on any atom is 0.416 e. The fraction of sp³-hybridized carbons (Fsp3) is 0.125. The highest BCUT2D eigenvalue weighted by Gasteiger charge is 2.32. The lowest BCUT2D eigenvalue weighted by molar-refractivity contribution is -0.138. The van der Waals surface area contributed by atoms with Gasteiger partial charge in [-0.15, -0.1) is 0 Å². The van der Waals surface area contributed by atoms with Gasteiger partial charge in [-0.05, 0) is 61.5 Å². The lowest BCUT2D eigenvalue weighted by Crippen LogP contribution is -2.25. The van der Waals surface area contributed by atoms with E-state index in [1.165, 1.54) is 18.2 Å². The van der Waals surface area contributed by atoms with Crippen molar-refractivity contribution in [3.63, 3.8) is 0 Å². The van der Waals surface area contributed by atoms with E-state index < -0.39 is 40.9 Å². The van der Waals surface area contributed by atoms with Crippen molar-refractivity contribution in [2.24, 2.45) is 0 Å². The van der Waals surface area contributed by atoms with Gasteiger partial charge >= 0.3 is 12.4 Å². The molecule has 0 saturated heterocycles. The van der Waals surface area contributed by atoms with Crippen LogP contribution < -0.4 is 10.6 Å². The van der Waals surface area contributed by atoms with Gasteiger partial charge in [-0.3, -0.25) is 14.6 Å². The normalized spacial score (nSPS) is 11.5. The molecule has 35 heavy (non-hydrogen) atoms. The molecule has 2 aromatic carbocycles. The Morgan fingerprint density at radius 1 is 0.743 bits per heavy atom. The van der Waals surface area contributed by atoms with Crippen LogP contribution in [0.2, 0.25) is 0 Å². The van der Waals surface area contributed by atoms with E-state index in [1.807, 2.05) is 0 Å². The average Bonchev–Trinajstić information content (AvgIpc) is 2.76. The van der Waals surface area contributed by atoms with Gasteiger partial charge in [0.05, 0.1) is 16.8 Å². The molecule has 11 heteroatoms. The highest BCUT2D eigenvalue weighted by Crippen LogP contribution is 2.32. The number of benzene rings is 2. The Kier molecular flexibility index (Phi) is 7.28. The minimum atomic E-state index is -4.66. The van der Waals surface area contributed by atoms with Crippen molar-refractivity contribution >= 4 is 29.3 Å². The summed E-state index contributed by atoms with van der Waals surface area (Å²) in [5.41, 5.74) is -2.37. The topological polar surface area (TPSA) is 71.1 Å². The Morgan fingerprint density at radius 3 is 1.63 bits per heavy atom. The van der Waals surface area contributed by atoms with Gasteiger partial charge in [-0.25, -0.2) is 0 Å². The molecule has 3 aromatic rings. The zero-order valence-electron chi connectivity index (χ0n) is 18.0. The van der Waals surface area contributed by atoms with Crippen molar-refractivity contribution in [2.45, 2.75) is 19.3 Å². The van der Waals surface area contributed by atoms with Crippen LogP contribution in [-0.4, -0.2) is 16.8 Å². The van der Waals surface area contributed by atoms with E-state index in [0.717, 1.165) is 30.3 Å². The van der Waals surface area contributed by atoms with Crippen molar-refractivity contribution in [1.29, 1.82) is 0 Å². The summed E-state index contributed by atoms with van der Waals surface area (Å²) in [5, 5.41) is 4.43. The van der Waals surface area contributed by atoms with Crippen LogP contribution in [0.25, 0.3) is 6.08 Å². The molecule has 1 aromatic heterocycles. The largest absolute Gasteiger partial charge is 0.416 e. The summed E-state index contributed by atoms with van der Waals surface area (Å²) in [6.07, 6.45) is -8.24. The molecule has 5 nitrogen and oxygen atoms in total. The smallest absolute Gasteiger partial charge is 0.322 e. The van der Waals surface area contributed by atoms with Gasteiger partial charge in [-0.2, -0.15) is 26.3 Å². The third-order valence-corrected chi connectivity index (χ3v) is 4.59. The number of nitrogens with one attached hydrogen (secondary N) is 2. The number of carbonyl (C=O) groups is 2. The van der Waals surface area contributed by atoms with E-state index in [2.05, 4.69) is 15.6 Å². The Bertz CT molecular complexity index is 1210. The number of amides is 2. The number of hydrogen-bond donors (Lipinski definition) is 2. The molecule has 1 heterocycles. The summed E-state index contributed by atoms with van der Waals surface area (Å²) in [6, 6.07) is 12.3. The number of alkyl halides is 6. The molecule has 182 valence electrons. The van der Waals surface area contributed by atoms with Crippen molar-refractivity contribution < 1.29 is 35.9 Å². The van der Waals surface area contributed by atoms with Crippen LogP contribution in [0.4, 0.5) is 37.7 Å². The molecule has 0 radical (unpaired) electrons. The summed E-state index contributed by atoms with van der Waals surface area (Å²) in [5.74, 6) is -2.17. The quantitative estimate of drug-likeness (QED) is 0.196. The minimum Gasteiger partial charge on any atom is -0.322 e. The van der Waals surface area contributed by atoms with E-state index >= 15 is 0 Å². The number of anilines is 2. The summed E-state index contributed by atoms with van der Waals surface area (Å²) >= 11 is 0. The molecule has 0 unspecified atom stereocenters. The zero-order chi connectivity index (χ0) is 25.8. The highest BCUT2D eigenvalue weighted by molar-refractivity contribution is 6.28. The number of carbonyl (C=O) groups excluding carboxylic acids is 2. The summed E-state index contributed by atoms with van der Waals surface area (Å²) in [6.45, 7) is 1.66. The predicted octanol–water partition coefficient (Wildman–Crippen LogP) is 6.09. The minimum absolute atomic E-state index is 0.179. The number of aryl methyl sites for hydroxylation is 1. The second-order valence-electron chi connectivity index (χ2n) is 7.33. The number of aromatic nitrogens is 1. The van der Waals surface area contributed by atoms with Gasteiger partial charge < -0.3 is 10.6 Å². The second-order valence-corrected chi connectivity index (χ2v) is 7.33. The van der Waals surface area contributed by atoms with Crippen LogP contribution in [0.1, 0.15) is 22.5 Å². The molecule has 0 fully saturated rings. The van der Waals surface area contributed by atoms with Crippen LogP contribution in [0.15, 0.2) is 72.3 Å². The van der Waals surface area contributed by atoms with Gasteiger partial charge in [0.1, 0.15) is 5.57 Å². The Hall–Kier alpha value is -4.15. The van der Waals surface area contributed by atoms with E-state index in [4.69, 9.17) is 0 Å². The average molecular weight is 493 g/mol. The van der Waals surface area contributed by atoms with Gasteiger partial charge in [0.15, 0.2) is 0 Å². The molecule has 3 rings (SSSR count). The first-order chi connectivity index (χ1) is 16.3. The molecule has 2 amide bonds. The van der Waals surface area contributed by atoms with Crippen LogP contribution in [0.5, 0.6) is 0 Å². The highest BCUT2D eigenvalue weighted by atomic mass is 19.4. The number of pyridine rings is 1. The van der Waals surface area contributed by atoms with E-state index in [9.17, 15) is 35.9 Å². The van der Waals surface area contributed by atoms with Crippen molar-refractivity contribution in [2.75, 3.05) is 10.6 Å². The third-order valence-electron chi connectivity index (χ3n) is 4.59. The Morgan fingerprint density at radius 2 is 1.20 bits per heavy atom. The molecular formula is C24H17F6N3O2. The maximum absolute atomic E-state index is 13.0. The fourth-order valence-electron chi connectivity index (χ4n) is 2.97. The zero-order valence-corrected chi connectivity index (χ0v) is 18.0. The van der Waals surface area contributed by atoms with Gasteiger partial charge in [0.25, 0.3) is 11.8 Å². The lowest BCUT2D eigenvalue weighted by atomic mass is 10.1. The predicted molar refractivity (Wildman–Crippen MR) is 117 cm³/mol. The van der Waals surface area contributed by atoms with Crippen LogP contribution in [0, 0.1) is 6.92 Å². The van der Waals surface area contributed by atoms with E-state index in [1.54, 1.807) is 19.1 Å². The Balaban J connectivity index is 1.94. The molecule has 0 spiro atoms. The van der Waals surface area contributed by atoms with E-state index in [0.29, 0.717) is 17.8 Å². The molecule has 0 aliphatic rings. The van der Waals surface area contributed by atoms with Gasteiger partial charge in [0.2, 0.25) is 0 Å². The van der Waals surface area contributed by atoms with Gasteiger partial charge in [-0.1, -0.05) is 18.2 Å². The monoisotopic (exact) mass is 493 g/mol. The van der Waals surface area contributed by atoms with Crippen molar-refractivity contribution in [3.05, 3.63) is 94.8 Å². The first-order valence-electron chi connectivity index (χ1n) is 9.95. The summed E-state index contributed by atoms with van der Waals surface area (Å²) in [7, 11) is 0. The number of nitrogens with zero attached hydrogens (tertiary/aromatic N) is 1. The van der Waals surface area contributed by atoms with Gasteiger partial charge in [0, 0.05) is 17.1 Å². The molecule has 0 aliphatic carbocycles. The fourth-order valence-corrected chi connectivity index (χ4v) is 2.97. The number of halogens is 6.